The van der Waals surface area contributed by atoms with E-state index in [0.29, 0.717) is 19.4 Å². The van der Waals surface area contributed by atoms with Gasteiger partial charge in [0, 0.05) is 43.4 Å². The van der Waals surface area contributed by atoms with Crippen molar-refractivity contribution in [1.82, 2.24) is 4.90 Å². The molecule has 0 saturated carbocycles. The van der Waals surface area contributed by atoms with Crippen LogP contribution >= 0.6 is 11.3 Å². The summed E-state index contributed by atoms with van der Waals surface area (Å²) in [6.07, 6.45) is 0.211. The quantitative estimate of drug-likeness (QED) is 0.821. The van der Waals surface area contributed by atoms with Crippen LogP contribution in [0.4, 0.5) is 4.39 Å². The molecule has 0 radical (unpaired) electrons. The number of aliphatic imine (C=N–C) groups is 1. The molecule has 1 aromatic carbocycles. The van der Waals surface area contributed by atoms with Gasteiger partial charge >= 0.3 is 0 Å². The Bertz CT molecular complexity index is 907. The third-order valence-electron chi connectivity index (χ3n) is 4.81. The Labute approximate surface area is 161 Å². The molecule has 2 aromatic rings. The molecule has 0 saturated heterocycles. The molecule has 0 fully saturated rings. The van der Waals surface area contributed by atoms with Gasteiger partial charge in [0.05, 0.1) is 5.56 Å². The topological polar surface area (TPSA) is 94.9 Å². The number of methoxy groups -OCH3 is 1. The molecule has 0 bridgehead atoms. The molecule has 1 aliphatic rings. The number of ether oxygens (including phenoxy) is 1. The first-order valence-electron chi connectivity index (χ1n) is 8.45. The number of aliphatic hydroxyl groups excluding tert-OH is 1. The molecule has 1 aliphatic heterocycles. The van der Waals surface area contributed by atoms with Crippen molar-refractivity contribution in [3.63, 3.8) is 0 Å². The molecule has 3 N–H and O–H groups in total. The average molecular weight is 388 g/mol. The van der Waals surface area contributed by atoms with Gasteiger partial charge in [0.15, 0.2) is 5.96 Å². The second-order valence-corrected chi connectivity index (χ2v) is 7.59. The van der Waals surface area contributed by atoms with Crippen LogP contribution in [0.15, 0.2) is 35.3 Å². The minimum Gasteiger partial charge on any atom is -0.385 e. The summed E-state index contributed by atoms with van der Waals surface area (Å²) in [5.41, 5.74) is 6.11. The predicted octanol–water partition coefficient (Wildman–Crippen LogP) is 2.63. The smallest absolute Gasteiger partial charge is 0.193 e. The van der Waals surface area contributed by atoms with Crippen molar-refractivity contribution in [2.45, 2.75) is 24.6 Å². The van der Waals surface area contributed by atoms with Crippen LogP contribution in [0.2, 0.25) is 0 Å². The summed E-state index contributed by atoms with van der Waals surface area (Å²) in [7, 11) is 3.32. The van der Waals surface area contributed by atoms with Gasteiger partial charge in [-0.25, -0.2) is 9.38 Å². The van der Waals surface area contributed by atoms with Gasteiger partial charge in [-0.05, 0) is 29.8 Å². The molecular formula is C19H21FN4O2S. The van der Waals surface area contributed by atoms with Crippen molar-refractivity contribution < 1.29 is 14.2 Å². The van der Waals surface area contributed by atoms with E-state index in [0.717, 1.165) is 15.3 Å². The van der Waals surface area contributed by atoms with Gasteiger partial charge in [-0.2, -0.15) is 5.26 Å². The Kier molecular flexibility index (Phi) is 5.46. The van der Waals surface area contributed by atoms with E-state index in [2.05, 4.69) is 4.99 Å². The van der Waals surface area contributed by atoms with Crippen LogP contribution in [0.25, 0.3) is 10.4 Å². The largest absolute Gasteiger partial charge is 0.385 e. The van der Waals surface area contributed by atoms with Crippen molar-refractivity contribution in [2.24, 2.45) is 10.7 Å². The third kappa shape index (κ3) is 3.67. The lowest BCUT2D eigenvalue weighted by molar-refractivity contribution is 0.0189. The number of guanidine groups is 1. The number of hydrogen-bond acceptors (Lipinski definition) is 7. The fourth-order valence-corrected chi connectivity index (χ4v) is 4.33. The minimum atomic E-state index is -0.749. The number of rotatable bonds is 5. The normalized spacial score (nSPS) is 22.4. The lowest BCUT2D eigenvalue weighted by Crippen LogP contribution is -2.51. The molecule has 0 spiro atoms. The van der Waals surface area contributed by atoms with Crippen molar-refractivity contribution >= 4 is 17.3 Å². The van der Waals surface area contributed by atoms with E-state index in [1.807, 2.05) is 18.2 Å². The Morgan fingerprint density at radius 3 is 2.93 bits per heavy atom. The summed E-state index contributed by atoms with van der Waals surface area (Å²) in [6, 6.07) is 10.2. The molecule has 142 valence electrons. The molecule has 6 nitrogen and oxygen atoms in total. The maximum absolute atomic E-state index is 13.6. The highest BCUT2D eigenvalue weighted by Crippen LogP contribution is 2.43. The first-order chi connectivity index (χ1) is 12.9. The lowest BCUT2D eigenvalue weighted by atomic mass is 9.88. The van der Waals surface area contributed by atoms with Crippen molar-refractivity contribution in [3.8, 4) is 16.5 Å². The molecule has 1 aromatic heterocycles. The van der Waals surface area contributed by atoms with Gasteiger partial charge in [0.25, 0.3) is 0 Å². The third-order valence-corrected chi connectivity index (χ3v) is 6.14. The Morgan fingerprint density at radius 1 is 1.48 bits per heavy atom. The molecular weight excluding hydrogens is 367 g/mol. The summed E-state index contributed by atoms with van der Waals surface area (Å²) in [4.78, 5) is 8.05. The van der Waals surface area contributed by atoms with E-state index in [1.54, 1.807) is 25.1 Å². The fourth-order valence-electron chi connectivity index (χ4n) is 3.15. The molecule has 2 heterocycles. The van der Waals surface area contributed by atoms with Crippen LogP contribution in [-0.4, -0.2) is 43.0 Å². The second kappa shape index (κ2) is 7.64. The molecule has 0 aliphatic carbocycles. The van der Waals surface area contributed by atoms with E-state index in [4.69, 9.17) is 15.7 Å². The zero-order valence-corrected chi connectivity index (χ0v) is 16.0. The zero-order valence-electron chi connectivity index (χ0n) is 15.1. The maximum atomic E-state index is 13.6. The summed E-state index contributed by atoms with van der Waals surface area (Å²) < 4.78 is 18.9. The van der Waals surface area contributed by atoms with Crippen molar-refractivity contribution in [1.29, 1.82) is 5.26 Å². The summed E-state index contributed by atoms with van der Waals surface area (Å²) in [5.74, 6) is -0.265. The first-order valence-corrected chi connectivity index (χ1v) is 9.27. The number of nitrogens with two attached hydrogens (primary N) is 1. The van der Waals surface area contributed by atoms with Crippen LogP contribution in [0, 0.1) is 17.1 Å². The van der Waals surface area contributed by atoms with Crippen LogP contribution in [0.1, 0.15) is 23.3 Å². The van der Waals surface area contributed by atoms with E-state index < -0.39 is 17.6 Å². The van der Waals surface area contributed by atoms with Gasteiger partial charge in [0.2, 0.25) is 0 Å². The minimum absolute atomic E-state index is 0.00789. The number of hydrogen-bond donors (Lipinski definition) is 2. The van der Waals surface area contributed by atoms with Gasteiger partial charge in [0.1, 0.15) is 23.7 Å². The lowest BCUT2D eigenvalue weighted by Gasteiger charge is -2.40. The van der Waals surface area contributed by atoms with Crippen LogP contribution in [0.5, 0.6) is 0 Å². The highest BCUT2D eigenvalue weighted by molar-refractivity contribution is 7.15. The molecule has 8 heteroatoms. The number of aliphatic hydroxyl groups is 1. The maximum Gasteiger partial charge on any atom is 0.193 e. The van der Waals surface area contributed by atoms with Crippen LogP contribution < -0.4 is 5.73 Å². The highest BCUT2D eigenvalue weighted by atomic mass is 32.1. The molecule has 3 rings (SSSR count). The Morgan fingerprint density at radius 2 is 2.26 bits per heavy atom. The monoisotopic (exact) mass is 388 g/mol. The van der Waals surface area contributed by atoms with Crippen LogP contribution in [-0.2, 0) is 10.3 Å². The van der Waals surface area contributed by atoms with E-state index in [9.17, 15) is 9.50 Å². The van der Waals surface area contributed by atoms with Gasteiger partial charge < -0.3 is 20.5 Å². The number of nitriles is 1. The first kappa shape index (κ1) is 19.3. The highest BCUT2D eigenvalue weighted by Gasteiger charge is 2.41. The van der Waals surface area contributed by atoms with E-state index in [-0.39, 0.29) is 11.5 Å². The second-order valence-electron chi connectivity index (χ2n) is 6.51. The van der Waals surface area contributed by atoms with Gasteiger partial charge in [-0.15, -0.1) is 11.3 Å². The number of halogens is 1. The summed E-state index contributed by atoms with van der Waals surface area (Å²) in [6.45, 7) is 0.468. The molecule has 2 atom stereocenters. The van der Waals surface area contributed by atoms with Crippen LogP contribution in [0.3, 0.4) is 0 Å². The standard InChI is InChI=1S/C19H21FN4O2S/c1-24-17(25)10-19(7-8-26-2,23-18(24)22)16-6-5-15(27-16)12-3-4-14(20)13(9-12)11-21/h3-6,9,17,25H,7-8,10H2,1-2H3,(H2,22,23)/t17?,19-/m0/s1. The van der Waals surface area contributed by atoms with E-state index >= 15 is 0 Å². The summed E-state index contributed by atoms with van der Waals surface area (Å²) >= 11 is 1.49. The number of nitrogens with zero attached hydrogens (tertiary/aromatic N) is 3. The number of benzene rings is 1. The van der Waals surface area contributed by atoms with Gasteiger partial charge in [-0.1, -0.05) is 6.07 Å². The summed E-state index contributed by atoms with van der Waals surface area (Å²) in [5, 5.41) is 19.5. The van der Waals surface area contributed by atoms with Crippen molar-refractivity contribution in [3.05, 3.63) is 46.6 Å². The Hall–Kier alpha value is -2.47. The Balaban J connectivity index is 2.02. The molecule has 1 unspecified atom stereocenters. The zero-order chi connectivity index (χ0) is 19.6. The fraction of sp³-hybridized carbons (Fsp3) is 0.368. The SMILES string of the molecule is COCC[C@@]1(c2ccc(-c3ccc(F)c(C#N)c3)s2)CC(O)N(C)C(N)=N1. The van der Waals surface area contributed by atoms with Crippen molar-refractivity contribution in [2.75, 3.05) is 20.8 Å². The molecule has 0 amide bonds. The average Bonchev–Trinajstić information content (AvgIpc) is 3.15. The number of thiophene rings is 1. The van der Waals surface area contributed by atoms with Gasteiger partial charge in [-0.3, -0.25) is 0 Å². The predicted molar refractivity (Wildman–Crippen MR) is 103 cm³/mol. The molecule has 27 heavy (non-hydrogen) atoms. The van der Waals surface area contributed by atoms with E-state index in [1.165, 1.54) is 23.5 Å².